The molecule has 4 rings (SSSR count). The molecule has 3 aromatic rings. The molecule has 1 fully saturated rings. The van der Waals surface area contributed by atoms with E-state index in [1.165, 1.54) is 11.3 Å². The fraction of sp³-hybridized carbons (Fsp3) is 0.421. The van der Waals surface area contributed by atoms with Crippen LogP contribution in [0.1, 0.15) is 31.4 Å². The zero-order valence-corrected chi connectivity index (χ0v) is 16.1. The molecule has 0 aliphatic heterocycles. The third-order valence-electron chi connectivity index (χ3n) is 4.74. The molecule has 0 spiro atoms. The van der Waals surface area contributed by atoms with Gasteiger partial charge in [-0.2, -0.15) is 18.2 Å². The lowest BCUT2D eigenvalue weighted by Crippen LogP contribution is -2.23. The molecule has 0 radical (unpaired) electrons. The van der Waals surface area contributed by atoms with E-state index in [-0.39, 0.29) is 12.0 Å². The summed E-state index contributed by atoms with van der Waals surface area (Å²) >= 11 is 1.53. The Morgan fingerprint density at radius 1 is 1.11 bits per heavy atom. The summed E-state index contributed by atoms with van der Waals surface area (Å²) in [6.45, 7) is 0.609. The number of nitrogens with zero attached hydrogens (tertiary/aromatic N) is 3. The second kappa shape index (κ2) is 7.54. The van der Waals surface area contributed by atoms with Crippen molar-refractivity contribution in [2.45, 2.75) is 44.8 Å². The van der Waals surface area contributed by atoms with Crippen molar-refractivity contribution < 1.29 is 13.2 Å². The van der Waals surface area contributed by atoms with E-state index in [0.717, 1.165) is 46.5 Å². The lowest BCUT2D eigenvalue weighted by Gasteiger charge is -2.18. The maximum absolute atomic E-state index is 12.6. The van der Waals surface area contributed by atoms with Crippen LogP contribution in [0.15, 0.2) is 24.3 Å². The molecule has 1 aliphatic carbocycles. The van der Waals surface area contributed by atoms with Crippen molar-refractivity contribution in [1.29, 1.82) is 0 Å². The number of anilines is 2. The lowest BCUT2D eigenvalue weighted by atomic mass is 10.2. The quantitative estimate of drug-likeness (QED) is 0.594. The monoisotopic (exact) mass is 407 g/mol. The Balaban J connectivity index is 1.74. The highest BCUT2D eigenvalue weighted by Gasteiger charge is 2.28. The van der Waals surface area contributed by atoms with Crippen molar-refractivity contribution in [3.05, 3.63) is 30.0 Å². The molecule has 0 bridgehead atoms. The van der Waals surface area contributed by atoms with E-state index in [0.29, 0.717) is 11.5 Å². The lowest BCUT2D eigenvalue weighted by molar-refractivity contribution is -0.115. The number of fused-ring (bicyclic) bond motifs is 1. The molecule has 9 heteroatoms. The predicted octanol–water partition coefficient (Wildman–Crippen LogP) is 5.39. The van der Waals surface area contributed by atoms with Crippen LogP contribution in [-0.2, 0) is 0 Å². The number of alkyl halides is 3. The minimum absolute atomic E-state index is 0.0276. The first-order valence-electron chi connectivity index (χ1n) is 9.21. The summed E-state index contributed by atoms with van der Waals surface area (Å²) in [6, 6.07) is 8.08. The van der Waals surface area contributed by atoms with Crippen LogP contribution in [-0.4, -0.2) is 33.7 Å². The Kier molecular flexibility index (Phi) is 5.09. The molecule has 2 N–H and O–H groups in total. The van der Waals surface area contributed by atoms with Gasteiger partial charge in [-0.3, -0.25) is 0 Å². The maximum atomic E-state index is 12.6. The van der Waals surface area contributed by atoms with Crippen molar-refractivity contribution in [1.82, 2.24) is 15.0 Å². The predicted molar refractivity (Wildman–Crippen MR) is 106 cm³/mol. The highest BCUT2D eigenvalue weighted by Crippen LogP contribution is 2.37. The summed E-state index contributed by atoms with van der Waals surface area (Å²) in [5, 5.41) is 6.48. The summed E-state index contributed by atoms with van der Waals surface area (Å²) in [5.74, 6) is 0.517. The van der Waals surface area contributed by atoms with Crippen LogP contribution < -0.4 is 10.6 Å². The van der Waals surface area contributed by atoms with Gasteiger partial charge in [-0.15, -0.1) is 11.3 Å². The van der Waals surface area contributed by atoms with Crippen LogP contribution >= 0.6 is 11.3 Å². The summed E-state index contributed by atoms with van der Waals surface area (Å²) in [6.07, 6.45) is -0.0158. The van der Waals surface area contributed by atoms with Gasteiger partial charge in [0.1, 0.15) is 17.4 Å². The standard InChI is InChI=1S/C19H20F3N5S/c1-11-15(17-26-13-8-4-5-9-14(13)28-17)16(25-12-6-2-3-7-12)27-18(24-11)23-10-19(20,21)22/h4-5,8-9,12H,2-3,6-7,10H2,1H3,(H2,23,24,25,27). The van der Waals surface area contributed by atoms with Crippen LogP contribution in [0.25, 0.3) is 20.8 Å². The first-order valence-corrected chi connectivity index (χ1v) is 10.0. The number of aromatic nitrogens is 3. The SMILES string of the molecule is Cc1nc(NCC(F)(F)F)nc(NC2CCCC2)c1-c1nc2ccccc2s1. The fourth-order valence-corrected chi connectivity index (χ4v) is 4.50. The molecule has 1 aromatic carbocycles. The van der Waals surface area contributed by atoms with E-state index >= 15 is 0 Å². The molecule has 1 aliphatic rings. The van der Waals surface area contributed by atoms with Crippen LogP contribution in [0.2, 0.25) is 0 Å². The molecule has 2 aromatic heterocycles. The highest BCUT2D eigenvalue weighted by molar-refractivity contribution is 7.21. The van der Waals surface area contributed by atoms with Crippen molar-refractivity contribution in [3.8, 4) is 10.6 Å². The van der Waals surface area contributed by atoms with Crippen LogP contribution in [0.5, 0.6) is 0 Å². The first-order chi connectivity index (χ1) is 13.4. The Labute approximate surface area is 164 Å². The van der Waals surface area contributed by atoms with Gasteiger partial charge in [-0.1, -0.05) is 25.0 Å². The number of hydrogen-bond donors (Lipinski definition) is 2. The summed E-state index contributed by atoms with van der Waals surface area (Å²) in [4.78, 5) is 13.3. The Morgan fingerprint density at radius 3 is 2.57 bits per heavy atom. The van der Waals surface area contributed by atoms with Gasteiger partial charge >= 0.3 is 6.18 Å². The van der Waals surface area contributed by atoms with Crippen molar-refractivity contribution >= 4 is 33.3 Å². The van der Waals surface area contributed by atoms with Crippen molar-refractivity contribution in [3.63, 3.8) is 0 Å². The van der Waals surface area contributed by atoms with E-state index in [1.807, 2.05) is 24.3 Å². The molecule has 5 nitrogen and oxygen atoms in total. The van der Waals surface area contributed by atoms with E-state index in [1.54, 1.807) is 6.92 Å². The van der Waals surface area contributed by atoms with Gasteiger partial charge in [-0.05, 0) is 31.9 Å². The third-order valence-corrected chi connectivity index (χ3v) is 5.79. The van der Waals surface area contributed by atoms with Gasteiger partial charge in [0.2, 0.25) is 5.95 Å². The summed E-state index contributed by atoms with van der Waals surface area (Å²) in [5.41, 5.74) is 2.23. The number of aryl methyl sites for hydroxylation is 1. The van der Waals surface area contributed by atoms with Crippen molar-refractivity contribution in [2.75, 3.05) is 17.2 Å². The zero-order valence-electron chi connectivity index (χ0n) is 15.3. The van der Waals surface area contributed by atoms with E-state index in [9.17, 15) is 13.2 Å². The molecular weight excluding hydrogens is 387 g/mol. The van der Waals surface area contributed by atoms with E-state index in [2.05, 4.69) is 20.6 Å². The van der Waals surface area contributed by atoms with E-state index < -0.39 is 12.7 Å². The minimum Gasteiger partial charge on any atom is -0.367 e. The number of halogens is 3. The molecule has 28 heavy (non-hydrogen) atoms. The second-order valence-electron chi connectivity index (χ2n) is 6.94. The number of para-hydroxylation sites is 1. The van der Waals surface area contributed by atoms with Crippen molar-refractivity contribution in [2.24, 2.45) is 0 Å². The molecule has 1 saturated carbocycles. The average molecular weight is 407 g/mol. The summed E-state index contributed by atoms with van der Waals surface area (Å²) in [7, 11) is 0. The van der Waals surface area contributed by atoms with Gasteiger partial charge in [0.05, 0.1) is 21.5 Å². The molecule has 0 amide bonds. The number of nitrogens with one attached hydrogen (secondary N) is 2. The number of rotatable bonds is 5. The van der Waals surface area contributed by atoms with Gasteiger partial charge in [0.15, 0.2) is 0 Å². The zero-order chi connectivity index (χ0) is 19.7. The van der Waals surface area contributed by atoms with Crippen LogP contribution in [0.4, 0.5) is 24.9 Å². The van der Waals surface area contributed by atoms with Gasteiger partial charge < -0.3 is 10.6 Å². The highest BCUT2D eigenvalue weighted by atomic mass is 32.1. The second-order valence-corrected chi connectivity index (χ2v) is 7.97. The molecular formula is C19H20F3N5S. The Hall–Kier alpha value is -2.42. The van der Waals surface area contributed by atoms with Gasteiger partial charge in [0, 0.05) is 6.04 Å². The number of hydrogen-bond acceptors (Lipinski definition) is 6. The normalized spacial score (nSPS) is 15.3. The molecule has 0 atom stereocenters. The van der Waals surface area contributed by atoms with Gasteiger partial charge in [0.25, 0.3) is 0 Å². The minimum atomic E-state index is -4.33. The number of thiazole rings is 1. The third kappa shape index (κ3) is 4.19. The largest absolute Gasteiger partial charge is 0.405 e. The van der Waals surface area contributed by atoms with Crippen LogP contribution in [0.3, 0.4) is 0 Å². The molecule has 148 valence electrons. The summed E-state index contributed by atoms with van der Waals surface area (Å²) < 4.78 is 38.8. The van der Waals surface area contributed by atoms with E-state index in [4.69, 9.17) is 4.98 Å². The number of benzene rings is 1. The smallest absolute Gasteiger partial charge is 0.367 e. The molecule has 0 unspecified atom stereocenters. The first kappa shape index (κ1) is 18.9. The average Bonchev–Trinajstić information content (AvgIpc) is 3.28. The maximum Gasteiger partial charge on any atom is 0.405 e. The topological polar surface area (TPSA) is 62.7 Å². The molecule has 0 saturated heterocycles. The Bertz CT molecular complexity index is 946. The Morgan fingerprint density at radius 2 is 1.86 bits per heavy atom. The van der Waals surface area contributed by atoms with Crippen LogP contribution in [0, 0.1) is 6.92 Å². The van der Waals surface area contributed by atoms with Gasteiger partial charge in [-0.25, -0.2) is 9.97 Å². The fourth-order valence-electron chi connectivity index (χ4n) is 3.43. The molecule has 2 heterocycles.